The molecule has 0 atom stereocenters. The van der Waals surface area contributed by atoms with Crippen molar-refractivity contribution in [1.82, 2.24) is 15.2 Å². The molecule has 0 aliphatic heterocycles. The van der Waals surface area contributed by atoms with Crippen LogP contribution in [0.25, 0.3) is 22.9 Å². The van der Waals surface area contributed by atoms with Gasteiger partial charge in [0.15, 0.2) is 0 Å². The fourth-order valence-corrected chi connectivity index (χ4v) is 2.89. The first kappa shape index (κ1) is 19.1. The molecule has 0 radical (unpaired) electrons. The Balaban J connectivity index is 1.45. The van der Waals surface area contributed by atoms with Crippen molar-refractivity contribution < 1.29 is 9.15 Å². The second kappa shape index (κ2) is 10.5. The molecule has 0 aliphatic rings. The molecule has 0 saturated carbocycles. The van der Waals surface area contributed by atoms with E-state index in [-0.39, 0.29) is 0 Å². The number of benzene rings is 1. The van der Waals surface area contributed by atoms with Crippen LogP contribution in [0.15, 0.2) is 53.2 Å². The number of nitrogens with zero attached hydrogens (tertiary/aromatic N) is 3. The van der Waals surface area contributed by atoms with Crippen molar-refractivity contribution in [2.45, 2.75) is 51.9 Å². The first-order chi connectivity index (χ1) is 13.4. The lowest BCUT2D eigenvalue weighted by molar-refractivity contribution is 0.304. The Morgan fingerprint density at radius 1 is 0.741 bits per heavy atom. The number of rotatable bonds is 11. The molecule has 0 N–H and O–H groups in total. The summed E-state index contributed by atoms with van der Waals surface area (Å²) in [5, 5.41) is 8.24. The van der Waals surface area contributed by atoms with E-state index in [9.17, 15) is 0 Å². The average Bonchev–Trinajstić information content (AvgIpc) is 3.21. The van der Waals surface area contributed by atoms with Crippen LogP contribution in [0.3, 0.4) is 0 Å². The molecule has 1 aromatic carbocycles. The lowest BCUT2D eigenvalue weighted by Gasteiger charge is -2.06. The Bertz CT molecular complexity index is 785. The van der Waals surface area contributed by atoms with E-state index in [4.69, 9.17) is 9.15 Å². The fraction of sp³-hybridized carbons (Fsp3) is 0.409. The largest absolute Gasteiger partial charge is 0.494 e. The van der Waals surface area contributed by atoms with Crippen LogP contribution < -0.4 is 4.74 Å². The fourth-order valence-electron chi connectivity index (χ4n) is 2.89. The van der Waals surface area contributed by atoms with E-state index in [0.29, 0.717) is 11.8 Å². The summed E-state index contributed by atoms with van der Waals surface area (Å²) in [6.45, 7) is 3.01. The van der Waals surface area contributed by atoms with E-state index in [1.165, 1.54) is 38.5 Å². The van der Waals surface area contributed by atoms with Gasteiger partial charge in [0.2, 0.25) is 11.8 Å². The molecule has 3 rings (SSSR count). The van der Waals surface area contributed by atoms with E-state index in [2.05, 4.69) is 22.1 Å². The van der Waals surface area contributed by atoms with Gasteiger partial charge in [0, 0.05) is 23.5 Å². The van der Waals surface area contributed by atoms with Crippen LogP contribution in [0.5, 0.6) is 5.75 Å². The summed E-state index contributed by atoms with van der Waals surface area (Å²) in [5.41, 5.74) is 1.74. The normalized spacial score (nSPS) is 10.9. The van der Waals surface area contributed by atoms with Crippen molar-refractivity contribution in [3.05, 3.63) is 48.8 Å². The van der Waals surface area contributed by atoms with Crippen LogP contribution in [0, 0.1) is 0 Å². The van der Waals surface area contributed by atoms with Gasteiger partial charge in [0.25, 0.3) is 0 Å². The maximum Gasteiger partial charge on any atom is 0.248 e. The van der Waals surface area contributed by atoms with E-state index in [1.54, 1.807) is 12.4 Å². The number of hydrogen-bond donors (Lipinski definition) is 0. The number of aromatic nitrogens is 3. The van der Waals surface area contributed by atoms with Crippen LogP contribution in [0.4, 0.5) is 0 Å². The van der Waals surface area contributed by atoms with Gasteiger partial charge in [-0.25, -0.2) is 0 Å². The van der Waals surface area contributed by atoms with Gasteiger partial charge < -0.3 is 9.15 Å². The van der Waals surface area contributed by atoms with Crippen LogP contribution in [0.1, 0.15) is 51.9 Å². The van der Waals surface area contributed by atoms with Crippen molar-refractivity contribution in [3.8, 4) is 28.7 Å². The minimum atomic E-state index is 0.492. The summed E-state index contributed by atoms with van der Waals surface area (Å²) in [6.07, 6.45) is 12.4. The van der Waals surface area contributed by atoms with Gasteiger partial charge in [-0.1, -0.05) is 45.4 Å². The Hall–Kier alpha value is -2.69. The van der Waals surface area contributed by atoms with Gasteiger partial charge in [-0.15, -0.1) is 10.2 Å². The van der Waals surface area contributed by atoms with Gasteiger partial charge in [0.05, 0.1) is 6.61 Å². The van der Waals surface area contributed by atoms with Crippen LogP contribution in [0.2, 0.25) is 0 Å². The quantitative estimate of drug-likeness (QED) is 0.394. The van der Waals surface area contributed by atoms with E-state index >= 15 is 0 Å². The molecule has 5 heteroatoms. The second-order valence-corrected chi connectivity index (χ2v) is 6.64. The van der Waals surface area contributed by atoms with Gasteiger partial charge in [-0.2, -0.15) is 0 Å². The lowest BCUT2D eigenvalue weighted by Crippen LogP contribution is -1.97. The first-order valence-corrected chi connectivity index (χ1v) is 9.84. The third kappa shape index (κ3) is 5.91. The molecule has 0 bridgehead atoms. The van der Waals surface area contributed by atoms with Crippen molar-refractivity contribution >= 4 is 0 Å². The summed E-state index contributed by atoms with van der Waals surface area (Å²) in [6, 6.07) is 11.5. The van der Waals surface area contributed by atoms with Crippen LogP contribution in [-0.4, -0.2) is 21.8 Å². The van der Waals surface area contributed by atoms with Gasteiger partial charge in [0.1, 0.15) is 5.75 Å². The van der Waals surface area contributed by atoms with E-state index in [1.807, 2.05) is 36.4 Å². The Kier molecular flexibility index (Phi) is 7.39. The summed E-state index contributed by atoms with van der Waals surface area (Å²) in [7, 11) is 0. The highest BCUT2D eigenvalue weighted by molar-refractivity contribution is 5.58. The molecule has 0 spiro atoms. The van der Waals surface area contributed by atoms with Crippen molar-refractivity contribution in [3.63, 3.8) is 0 Å². The predicted molar refractivity (Wildman–Crippen MR) is 106 cm³/mol. The van der Waals surface area contributed by atoms with Gasteiger partial charge in [-0.05, 0) is 42.8 Å². The molecular formula is C22H27N3O2. The summed E-state index contributed by atoms with van der Waals surface area (Å²) < 4.78 is 11.6. The smallest absolute Gasteiger partial charge is 0.248 e. The zero-order valence-corrected chi connectivity index (χ0v) is 15.9. The van der Waals surface area contributed by atoms with Crippen molar-refractivity contribution in [2.75, 3.05) is 6.61 Å². The molecular weight excluding hydrogens is 338 g/mol. The third-order valence-electron chi connectivity index (χ3n) is 4.47. The zero-order valence-electron chi connectivity index (χ0n) is 15.9. The summed E-state index contributed by atoms with van der Waals surface area (Å²) in [5.74, 6) is 1.87. The average molecular weight is 365 g/mol. The highest BCUT2D eigenvalue weighted by Gasteiger charge is 2.10. The molecule has 27 heavy (non-hydrogen) atoms. The summed E-state index contributed by atoms with van der Waals surface area (Å²) >= 11 is 0. The standard InChI is InChI=1S/C22H27N3O2/c1-2-3-4-5-6-7-8-17-26-20-11-9-18(10-12-20)21-24-25-22(27-21)19-13-15-23-16-14-19/h9-16H,2-8,17H2,1H3. The zero-order chi connectivity index (χ0) is 18.7. The number of unbranched alkanes of at least 4 members (excludes halogenated alkanes) is 6. The number of hydrogen-bond acceptors (Lipinski definition) is 5. The third-order valence-corrected chi connectivity index (χ3v) is 4.47. The molecule has 0 aliphatic carbocycles. The van der Waals surface area contributed by atoms with Crippen molar-refractivity contribution in [1.29, 1.82) is 0 Å². The maximum absolute atomic E-state index is 5.83. The molecule has 0 fully saturated rings. The van der Waals surface area contributed by atoms with E-state index < -0.39 is 0 Å². The highest BCUT2D eigenvalue weighted by atomic mass is 16.5. The molecule has 0 unspecified atom stereocenters. The molecule has 0 saturated heterocycles. The summed E-state index contributed by atoms with van der Waals surface area (Å²) in [4.78, 5) is 3.99. The van der Waals surface area contributed by atoms with Gasteiger partial charge >= 0.3 is 0 Å². The Morgan fingerprint density at radius 3 is 2.00 bits per heavy atom. The number of pyridine rings is 1. The number of ether oxygens (including phenoxy) is 1. The monoisotopic (exact) mass is 365 g/mol. The second-order valence-electron chi connectivity index (χ2n) is 6.64. The first-order valence-electron chi connectivity index (χ1n) is 9.84. The van der Waals surface area contributed by atoms with Crippen LogP contribution >= 0.6 is 0 Å². The Labute approximate surface area is 160 Å². The minimum Gasteiger partial charge on any atom is -0.494 e. The molecule has 142 valence electrons. The predicted octanol–water partition coefficient (Wildman–Crippen LogP) is 5.93. The maximum atomic E-state index is 5.83. The molecule has 2 aromatic heterocycles. The van der Waals surface area contributed by atoms with E-state index in [0.717, 1.165) is 29.9 Å². The SMILES string of the molecule is CCCCCCCCCOc1ccc(-c2nnc(-c3ccncc3)o2)cc1. The minimum absolute atomic E-state index is 0.492. The Morgan fingerprint density at radius 2 is 1.33 bits per heavy atom. The lowest BCUT2D eigenvalue weighted by atomic mass is 10.1. The van der Waals surface area contributed by atoms with Gasteiger partial charge in [-0.3, -0.25) is 4.98 Å². The van der Waals surface area contributed by atoms with Crippen molar-refractivity contribution in [2.24, 2.45) is 0 Å². The topological polar surface area (TPSA) is 61.0 Å². The molecule has 5 nitrogen and oxygen atoms in total. The molecule has 2 heterocycles. The molecule has 3 aromatic rings. The van der Waals surface area contributed by atoms with Crippen LogP contribution in [-0.2, 0) is 0 Å². The highest BCUT2D eigenvalue weighted by Crippen LogP contribution is 2.25. The molecule has 0 amide bonds.